The number of para-hydroxylation sites is 2. The summed E-state index contributed by atoms with van der Waals surface area (Å²) in [6.07, 6.45) is 0. The first-order valence-corrected chi connectivity index (χ1v) is 13.4. The van der Waals surface area contributed by atoms with Gasteiger partial charge in [0.15, 0.2) is 11.1 Å². The lowest BCUT2D eigenvalue weighted by Gasteiger charge is -2.36. The second-order valence-corrected chi connectivity index (χ2v) is 11.4. The number of fused-ring (bicyclic) bond motifs is 1. The molecule has 0 spiro atoms. The van der Waals surface area contributed by atoms with Gasteiger partial charge in [-0.25, -0.2) is 18.4 Å². The Morgan fingerprint density at radius 3 is 2.24 bits per heavy atom. The third-order valence-electron chi connectivity index (χ3n) is 5.95. The Kier molecular flexibility index (Phi) is 6.28. The van der Waals surface area contributed by atoms with Crippen molar-refractivity contribution in [2.24, 2.45) is 0 Å². The third kappa shape index (κ3) is 4.40. The average Bonchev–Trinajstić information content (AvgIpc) is 3.41. The topological polar surface area (TPSA) is 90.2 Å². The standard InChI is InChI=1S/C25H23N5O2S2/c26-17-22(34(31,32)23-11-6-16-33-23)24-25(28-21-10-5-4-9-20(21)27-24)30-14-12-29(13-15-30)18-19-7-2-1-3-8-19/h1-11,16,22H,12-15,18H2/t22-/m1/s1. The van der Waals surface area contributed by atoms with Crippen molar-refractivity contribution in [3.8, 4) is 6.07 Å². The summed E-state index contributed by atoms with van der Waals surface area (Å²) in [5, 5.41) is 10.3. The lowest BCUT2D eigenvalue weighted by molar-refractivity contribution is 0.249. The van der Waals surface area contributed by atoms with E-state index in [1.54, 1.807) is 17.5 Å². The van der Waals surface area contributed by atoms with Gasteiger partial charge in [0, 0.05) is 32.7 Å². The number of benzene rings is 2. The minimum Gasteiger partial charge on any atom is -0.352 e. The zero-order chi connectivity index (χ0) is 23.5. The van der Waals surface area contributed by atoms with Crippen molar-refractivity contribution < 1.29 is 8.42 Å². The number of thiophene rings is 1. The highest BCUT2D eigenvalue weighted by Crippen LogP contribution is 2.35. The molecule has 0 unspecified atom stereocenters. The van der Waals surface area contributed by atoms with Gasteiger partial charge in [-0.3, -0.25) is 4.90 Å². The van der Waals surface area contributed by atoms with Crippen LogP contribution in [0.5, 0.6) is 0 Å². The number of anilines is 1. The predicted octanol–water partition coefficient (Wildman–Crippen LogP) is 4.05. The smallest absolute Gasteiger partial charge is 0.209 e. The van der Waals surface area contributed by atoms with E-state index in [0.29, 0.717) is 29.9 Å². The second kappa shape index (κ2) is 9.50. The van der Waals surface area contributed by atoms with Crippen molar-refractivity contribution in [2.75, 3.05) is 31.1 Å². The van der Waals surface area contributed by atoms with Gasteiger partial charge in [0.1, 0.15) is 9.90 Å². The van der Waals surface area contributed by atoms with Crippen molar-refractivity contribution in [3.05, 3.63) is 83.4 Å². The molecule has 7 nitrogen and oxygen atoms in total. The maximum atomic E-state index is 13.3. The molecule has 1 fully saturated rings. The molecule has 0 amide bonds. The molecule has 0 aliphatic carbocycles. The number of hydrogen-bond donors (Lipinski definition) is 0. The fourth-order valence-electron chi connectivity index (χ4n) is 4.19. The van der Waals surface area contributed by atoms with Crippen LogP contribution < -0.4 is 4.90 Å². The summed E-state index contributed by atoms with van der Waals surface area (Å²) in [4.78, 5) is 13.9. The number of nitrogens with zero attached hydrogens (tertiary/aromatic N) is 5. The molecule has 1 aliphatic heterocycles. The molecular weight excluding hydrogens is 466 g/mol. The molecular formula is C25H23N5O2S2. The summed E-state index contributed by atoms with van der Waals surface area (Å²) >= 11 is 1.11. The molecule has 2 aromatic heterocycles. The molecule has 3 heterocycles. The van der Waals surface area contributed by atoms with Crippen molar-refractivity contribution >= 4 is 38.0 Å². The van der Waals surface area contributed by atoms with E-state index in [9.17, 15) is 13.7 Å². The zero-order valence-corrected chi connectivity index (χ0v) is 20.0. The van der Waals surface area contributed by atoms with E-state index in [1.165, 1.54) is 11.6 Å². The van der Waals surface area contributed by atoms with Crippen molar-refractivity contribution in [1.82, 2.24) is 14.9 Å². The SMILES string of the molecule is N#C[C@H](c1nc2ccccc2nc1N1CCN(Cc2ccccc2)CC1)S(=O)(=O)c1cccs1. The van der Waals surface area contributed by atoms with Gasteiger partial charge in [-0.2, -0.15) is 5.26 Å². The summed E-state index contributed by atoms with van der Waals surface area (Å²) in [7, 11) is -3.92. The van der Waals surface area contributed by atoms with Gasteiger partial charge >= 0.3 is 0 Å². The minimum absolute atomic E-state index is 0.160. The van der Waals surface area contributed by atoms with Gasteiger partial charge in [0.25, 0.3) is 0 Å². The second-order valence-electron chi connectivity index (χ2n) is 8.16. The van der Waals surface area contributed by atoms with E-state index in [2.05, 4.69) is 26.9 Å². The van der Waals surface area contributed by atoms with Crippen LogP contribution in [0, 0.1) is 11.3 Å². The van der Waals surface area contributed by atoms with Crippen molar-refractivity contribution in [1.29, 1.82) is 5.26 Å². The van der Waals surface area contributed by atoms with Gasteiger partial charge in [-0.1, -0.05) is 48.5 Å². The van der Waals surface area contributed by atoms with E-state index in [4.69, 9.17) is 4.98 Å². The van der Waals surface area contributed by atoms with Crippen LogP contribution in [-0.2, 0) is 16.4 Å². The largest absolute Gasteiger partial charge is 0.352 e. The van der Waals surface area contributed by atoms with E-state index in [1.807, 2.05) is 42.5 Å². The van der Waals surface area contributed by atoms with Gasteiger partial charge in [0.2, 0.25) is 9.84 Å². The fourth-order valence-corrected chi connectivity index (χ4v) is 6.72. The zero-order valence-electron chi connectivity index (χ0n) is 18.4. The molecule has 4 aromatic rings. The van der Waals surface area contributed by atoms with E-state index in [0.717, 1.165) is 31.0 Å². The number of nitriles is 1. The van der Waals surface area contributed by atoms with Gasteiger partial charge in [-0.05, 0) is 29.1 Å². The van der Waals surface area contributed by atoms with Crippen LogP contribution in [0.15, 0.2) is 76.3 Å². The first-order valence-electron chi connectivity index (χ1n) is 11.0. The number of hydrogen-bond acceptors (Lipinski definition) is 8. The number of sulfone groups is 1. The minimum atomic E-state index is -3.92. The number of piperazine rings is 1. The lowest BCUT2D eigenvalue weighted by atomic mass is 10.2. The van der Waals surface area contributed by atoms with Crippen LogP contribution in [0.25, 0.3) is 11.0 Å². The van der Waals surface area contributed by atoms with Crippen LogP contribution in [0.2, 0.25) is 0 Å². The predicted molar refractivity (Wildman–Crippen MR) is 133 cm³/mol. The van der Waals surface area contributed by atoms with Crippen LogP contribution in [0.4, 0.5) is 5.82 Å². The van der Waals surface area contributed by atoms with E-state index in [-0.39, 0.29) is 9.90 Å². The Balaban J connectivity index is 1.49. The van der Waals surface area contributed by atoms with E-state index >= 15 is 0 Å². The summed E-state index contributed by atoms with van der Waals surface area (Å²) in [5.41, 5.74) is 2.71. The van der Waals surface area contributed by atoms with Gasteiger partial charge in [0.05, 0.1) is 17.1 Å². The van der Waals surface area contributed by atoms with Crippen molar-refractivity contribution in [2.45, 2.75) is 16.0 Å². The Hall–Kier alpha value is -3.32. The molecule has 0 radical (unpaired) electrons. The summed E-state index contributed by atoms with van der Waals surface area (Å²) in [6.45, 7) is 3.81. The van der Waals surface area contributed by atoms with Gasteiger partial charge in [-0.15, -0.1) is 11.3 Å². The Morgan fingerprint density at radius 1 is 0.912 bits per heavy atom. The molecule has 0 saturated carbocycles. The highest BCUT2D eigenvalue weighted by atomic mass is 32.2. The molecule has 2 aromatic carbocycles. The first-order chi connectivity index (χ1) is 16.6. The molecule has 0 bridgehead atoms. The Labute approximate surface area is 202 Å². The summed E-state index contributed by atoms with van der Waals surface area (Å²) in [5.74, 6) is 0.477. The molecule has 0 N–H and O–H groups in total. The van der Waals surface area contributed by atoms with Crippen molar-refractivity contribution in [3.63, 3.8) is 0 Å². The highest BCUT2D eigenvalue weighted by molar-refractivity contribution is 7.93. The normalized spacial score (nSPS) is 15.8. The molecule has 5 rings (SSSR count). The maximum absolute atomic E-state index is 13.3. The van der Waals surface area contributed by atoms with E-state index < -0.39 is 15.1 Å². The number of aromatic nitrogens is 2. The summed E-state index contributed by atoms with van der Waals surface area (Å²) < 4.78 is 26.8. The molecule has 1 saturated heterocycles. The van der Waals surface area contributed by atoms with Gasteiger partial charge < -0.3 is 4.90 Å². The molecule has 1 atom stereocenters. The van der Waals surface area contributed by atoms with Crippen LogP contribution in [0.3, 0.4) is 0 Å². The highest BCUT2D eigenvalue weighted by Gasteiger charge is 2.36. The molecule has 172 valence electrons. The third-order valence-corrected chi connectivity index (χ3v) is 9.24. The molecule has 9 heteroatoms. The van der Waals surface area contributed by atoms with Crippen LogP contribution >= 0.6 is 11.3 Å². The average molecular weight is 490 g/mol. The Morgan fingerprint density at radius 2 is 1.59 bits per heavy atom. The summed E-state index contributed by atoms with van der Waals surface area (Å²) in [6, 6.07) is 22.9. The molecule has 34 heavy (non-hydrogen) atoms. The Bertz CT molecular complexity index is 1430. The molecule has 1 aliphatic rings. The monoisotopic (exact) mass is 489 g/mol. The quantitative estimate of drug-likeness (QED) is 0.404. The fraction of sp³-hybridized carbons (Fsp3) is 0.240. The lowest BCUT2D eigenvalue weighted by Crippen LogP contribution is -2.46. The van der Waals surface area contributed by atoms with Crippen LogP contribution in [-0.4, -0.2) is 49.5 Å². The maximum Gasteiger partial charge on any atom is 0.209 e. The van der Waals surface area contributed by atoms with Crippen LogP contribution in [0.1, 0.15) is 16.5 Å². The first kappa shape index (κ1) is 22.5. The number of rotatable bonds is 6.